The number of ether oxygens (including phenoxy) is 1. The molecule has 1 aromatic heterocycles. The van der Waals surface area contributed by atoms with Crippen molar-refractivity contribution in [3.8, 4) is 0 Å². The van der Waals surface area contributed by atoms with Crippen LogP contribution in [0.25, 0.3) is 0 Å². The fourth-order valence-electron chi connectivity index (χ4n) is 2.63. The van der Waals surface area contributed by atoms with Crippen LogP contribution in [0.5, 0.6) is 0 Å². The maximum Gasteiger partial charge on any atom is 0.150 e. The van der Waals surface area contributed by atoms with Crippen LogP contribution in [0.3, 0.4) is 0 Å². The molecular formula is C13H19Cl2N3O. The predicted molar refractivity (Wildman–Crippen MR) is 80.1 cm³/mol. The summed E-state index contributed by atoms with van der Waals surface area (Å²) in [6.07, 6.45) is 0. The summed E-state index contributed by atoms with van der Waals surface area (Å²) in [5.41, 5.74) is 5.22. The highest BCUT2D eigenvalue weighted by Gasteiger charge is 2.39. The van der Waals surface area contributed by atoms with E-state index < -0.39 is 0 Å². The molecule has 0 atom stereocenters. The Bertz CT molecular complexity index is 487. The summed E-state index contributed by atoms with van der Waals surface area (Å²) in [6, 6.07) is 1.64. The molecule has 4 nitrogen and oxygen atoms in total. The minimum absolute atomic E-state index is 0.277. The molecule has 0 saturated carbocycles. The molecule has 0 aromatic carbocycles. The molecule has 6 heteroatoms. The van der Waals surface area contributed by atoms with Crippen LogP contribution >= 0.6 is 23.2 Å². The van der Waals surface area contributed by atoms with Gasteiger partial charge in [0.2, 0.25) is 0 Å². The van der Waals surface area contributed by atoms with E-state index in [2.05, 4.69) is 9.88 Å². The summed E-state index contributed by atoms with van der Waals surface area (Å²) in [5.74, 6) is 0.955. The largest absolute Gasteiger partial charge is 0.382 e. The molecule has 2 heterocycles. The molecule has 1 aromatic rings. The van der Waals surface area contributed by atoms with Crippen LogP contribution in [0, 0.1) is 0 Å². The van der Waals surface area contributed by atoms with E-state index in [1.807, 2.05) is 27.7 Å². The highest BCUT2D eigenvalue weighted by atomic mass is 35.5. The first-order valence-corrected chi connectivity index (χ1v) is 6.92. The lowest BCUT2D eigenvalue weighted by atomic mass is 9.99. The fraction of sp³-hybridized carbons (Fsp3) is 0.615. The van der Waals surface area contributed by atoms with Gasteiger partial charge in [0.1, 0.15) is 11.6 Å². The van der Waals surface area contributed by atoms with Crippen molar-refractivity contribution in [3.05, 3.63) is 16.1 Å². The number of aromatic nitrogens is 1. The molecule has 106 valence electrons. The zero-order chi connectivity index (χ0) is 14.4. The number of nitrogens with two attached hydrogens (primary N) is 1. The first-order chi connectivity index (χ1) is 8.60. The number of nitrogen functional groups attached to an aromatic ring is 1. The van der Waals surface area contributed by atoms with E-state index in [9.17, 15) is 0 Å². The topological polar surface area (TPSA) is 51.4 Å². The van der Waals surface area contributed by atoms with E-state index in [0.29, 0.717) is 34.8 Å². The van der Waals surface area contributed by atoms with Gasteiger partial charge in [0.15, 0.2) is 0 Å². The summed E-state index contributed by atoms with van der Waals surface area (Å²) < 4.78 is 6.04. The summed E-state index contributed by atoms with van der Waals surface area (Å²) >= 11 is 12.2. The number of hydrogen-bond donors (Lipinski definition) is 1. The van der Waals surface area contributed by atoms with Crippen molar-refractivity contribution in [1.82, 2.24) is 4.98 Å². The molecule has 19 heavy (non-hydrogen) atoms. The first kappa shape index (κ1) is 14.7. The Labute approximate surface area is 123 Å². The van der Waals surface area contributed by atoms with Crippen LogP contribution in [-0.4, -0.2) is 29.3 Å². The molecule has 2 N–H and O–H groups in total. The number of hydrogen-bond acceptors (Lipinski definition) is 4. The third-order valence-corrected chi connectivity index (χ3v) is 3.51. The van der Waals surface area contributed by atoms with Gasteiger partial charge in [-0.2, -0.15) is 0 Å². The highest BCUT2D eigenvalue weighted by molar-refractivity contribution is 6.37. The lowest BCUT2D eigenvalue weighted by molar-refractivity contribution is -0.133. The molecule has 1 aliphatic heterocycles. The SMILES string of the molecule is CC1(C)CN(c2nc(N)c(Cl)cc2Cl)CC(C)(C)O1. The smallest absolute Gasteiger partial charge is 0.150 e. The zero-order valence-electron chi connectivity index (χ0n) is 11.6. The van der Waals surface area contributed by atoms with E-state index in [4.69, 9.17) is 33.7 Å². The summed E-state index contributed by atoms with van der Waals surface area (Å²) in [4.78, 5) is 6.41. The van der Waals surface area contributed by atoms with Crippen LogP contribution in [0.1, 0.15) is 27.7 Å². The van der Waals surface area contributed by atoms with Gasteiger partial charge in [-0.15, -0.1) is 0 Å². The van der Waals surface area contributed by atoms with E-state index >= 15 is 0 Å². The number of anilines is 2. The molecule has 0 bridgehead atoms. The Morgan fingerprint density at radius 2 is 1.68 bits per heavy atom. The number of morpholine rings is 1. The van der Waals surface area contributed by atoms with Gasteiger partial charge in [-0.25, -0.2) is 4.98 Å². The molecule has 0 amide bonds. The van der Waals surface area contributed by atoms with Gasteiger partial charge in [0.25, 0.3) is 0 Å². The number of nitrogens with zero attached hydrogens (tertiary/aromatic N) is 2. The standard InChI is InChI=1S/C13H19Cl2N3O/c1-12(2)6-18(7-13(3,4)19-12)11-9(15)5-8(14)10(16)17-11/h5H,6-7H2,1-4H3,(H2,16,17). The van der Waals surface area contributed by atoms with Gasteiger partial charge in [-0.1, -0.05) is 23.2 Å². The van der Waals surface area contributed by atoms with E-state index in [0.717, 1.165) is 0 Å². The van der Waals surface area contributed by atoms with E-state index in [-0.39, 0.29) is 11.2 Å². The summed E-state index contributed by atoms with van der Waals surface area (Å²) in [7, 11) is 0. The summed E-state index contributed by atoms with van der Waals surface area (Å²) in [5, 5.41) is 0.883. The predicted octanol–water partition coefficient (Wildman–Crippen LogP) is 3.36. The quantitative estimate of drug-likeness (QED) is 0.864. The van der Waals surface area contributed by atoms with Crippen LogP contribution in [0.2, 0.25) is 10.0 Å². The maximum atomic E-state index is 6.24. The van der Waals surface area contributed by atoms with Gasteiger partial charge in [-0.3, -0.25) is 0 Å². The molecule has 0 aliphatic carbocycles. The lowest BCUT2D eigenvalue weighted by Gasteiger charge is -2.47. The second-order valence-corrected chi connectivity index (χ2v) is 6.95. The number of pyridine rings is 1. The van der Waals surface area contributed by atoms with Crippen molar-refractivity contribution in [2.24, 2.45) is 0 Å². The second-order valence-electron chi connectivity index (χ2n) is 6.14. The normalized spacial score (nSPS) is 21.5. The Morgan fingerprint density at radius 1 is 1.16 bits per heavy atom. The monoisotopic (exact) mass is 303 g/mol. The third-order valence-electron chi connectivity index (χ3n) is 2.93. The minimum atomic E-state index is -0.277. The first-order valence-electron chi connectivity index (χ1n) is 6.16. The number of halogens is 2. The Kier molecular flexibility index (Phi) is 3.62. The van der Waals surface area contributed by atoms with Crippen LogP contribution < -0.4 is 10.6 Å². The van der Waals surface area contributed by atoms with Crippen LogP contribution in [-0.2, 0) is 4.74 Å². The van der Waals surface area contributed by atoms with Crippen molar-refractivity contribution in [2.75, 3.05) is 23.7 Å². The van der Waals surface area contributed by atoms with Crippen molar-refractivity contribution in [2.45, 2.75) is 38.9 Å². The highest BCUT2D eigenvalue weighted by Crippen LogP contribution is 2.35. The maximum absolute atomic E-state index is 6.24. The fourth-order valence-corrected chi connectivity index (χ4v) is 3.11. The molecule has 2 rings (SSSR count). The van der Waals surface area contributed by atoms with Gasteiger partial charge >= 0.3 is 0 Å². The van der Waals surface area contributed by atoms with Gasteiger partial charge in [-0.05, 0) is 33.8 Å². The van der Waals surface area contributed by atoms with Crippen LogP contribution in [0.15, 0.2) is 6.07 Å². The molecule has 1 saturated heterocycles. The average Bonchev–Trinajstić information content (AvgIpc) is 2.18. The summed E-state index contributed by atoms with van der Waals surface area (Å²) in [6.45, 7) is 9.60. The third kappa shape index (κ3) is 3.25. The number of rotatable bonds is 1. The van der Waals surface area contributed by atoms with Crippen molar-refractivity contribution >= 4 is 34.8 Å². The van der Waals surface area contributed by atoms with Crippen molar-refractivity contribution in [1.29, 1.82) is 0 Å². The molecular weight excluding hydrogens is 285 g/mol. The van der Waals surface area contributed by atoms with E-state index in [1.165, 1.54) is 0 Å². The Hall–Kier alpha value is -0.710. The average molecular weight is 304 g/mol. The lowest BCUT2D eigenvalue weighted by Crippen LogP contribution is -2.57. The van der Waals surface area contributed by atoms with Crippen molar-refractivity contribution < 1.29 is 4.74 Å². The molecule has 1 aliphatic rings. The van der Waals surface area contributed by atoms with Gasteiger partial charge in [0, 0.05) is 13.1 Å². The molecule has 0 radical (unpaired) electrons. The van der Waals surface area contributed by atoms with Gasteiger partial charge in [0.05, 0.1) is 21.2 Å². The minimum Gasteiger partial charge on any atom is -0.382 e. The Morgan fingerprint density at radius 3 is 2.21 bits per heavy atom. The molecule has 0 spiro atoms. The van der Waals surface area contributed by atoms with E-state index in [1.54, 1.807) is 6.07 Å². The van der Waals surface area contributed by atoms with Gasteiger partial charge < -0.3 is 15.4 Å². The van der Waals surface area contributed by atoms with Crippen molar-refractivity contribution in [3.63, 3.8) is 0 Å². The second kappa shape index (κ2) is 4.69. The molecule has 0 unspecified atom stereocenters. The van der Waals surface area contributed by atoms with Crippen LogP contribution in [0.4, 0.5) is 11.6 Å². The molecule has 1 fully saturated rings. The zero-order valence-corrected chi connectivity index (χ0v) is 13.1. The Balaban J connectivity index is 2.39.